The van der Waals surface area contributed by atoms with E-state index in [4.69, 9.17) is 0 Å². The molecule has 2 N–H and O–H groups in total. The molecule has 9 atom stereocenters. The maximum Gasteiger partial charge on any atom is 0.187 e. The van der Waals surface area contributed by atoms with Crippen LogP contribution in [0.25, 0.3) is 0 Å². The molecule has 31 heavy (non-hydrogen) atoms. The van der Waals surface area contributed by atoms with Crippen LogP contribution in [0.2, 0.25) is 0 Å². The third-order valence-electron chi connectivity index (χ3n) is 10.5. The molecule has 0 saturated heterocycles. The number of hydrogen-bond donors (Lipinski definition) is 2. The number of allylic oxidation sites excluding steroid dienone is 3. The maximum absolute atomic E-state index is 13.3. The first-order valence-corrected chi connectivity index (χ1v) is 12.8. The Labute approximate surface area is 189 Å². The van der Waals surface area contributed by atoms with Crippen molar-refractivity contribution in [3.8, 4) is 0 Å². The van der Waals surface area contributed by atoms with E-state index >= 15 is 0 Å². The van der Waals surface area contributed by atoms with E-state index in [-0.39, 0.29) is 23.5 Å². The fraction of sp³-hybridized carbons (Fsp3) is 0.821. The molecule has 4 unspecified atom stereocenters. The predicted molar refractivity (Wildman–Crippen MR) is 125 cm³/mol. The van der Waals surface area contributed by atoms with Gasteiger partial charge in [-0.25, -0.2) is 0 Å². The highest BCUT2D eigenvalue weighted by Gasteiger charge is 2.65. The van der Waals surface area contributed by atoms with Crippen molar-refractivity contribution in [3.63, 3.8) is 0 Å². The molecule has 174 valence electrons. The number of aliphatic hydroxyl groups is 2. The number of hydrogen-bond acceptors (Lipinski definition) is 3. The summed E-state index contributed by atoms with van der Waals surface area (Å²) < 4.78 is 0. The molecule has 3 fully saturated rings. The van der Waals surface area contributed by atoms with E-state index in [2.05, 4.69) is 53.7 Å². The van der Waals surface area contributed by atoms with E-state index in [1.54, 1.807) is 0 Å². The summed E-state index contributed by atoms with van der Waals surface area (Å²) in [5.41, 5.74) is -0.275. The second-order valence-corrected chi connectivity index (χ2v) is 12.4. The summed E-state index contributed by atoms with van der Waals surface area (Å²) in [7, 11) is 0. The van der Waals surface area contributed by atoms with Gasteiger partial charge in [0.25, 0.3) is 0 Å². The fourth-order valence-electron chi connectivity index (χ4n) is 7.96. The minimum atomic E-state index is -1.40. The molecule has 0 spiro atoms. The Bertz CT molecular complexity index is 781. The molecule has 0 aromatic rings. The van der Waals surface area contributed by atoms with E-state index in [9.17, 15) is 15.0 Å². The highest BCUT2D eigenvalue weighted by Crippen LogP contribution is 2.67. The zero-order chi connectivity index (χ0) is 22.8. The van der Waals surface area contributed by atoms with Gasteiger partial charge in [0, 0.05) is 11.8 Å². The van der Waals surface area contributed by atoms with Gasteiger partial charge >= 0.3 is 0 Å². The van der Waals surface area contributed by atoms with Crippen LogP contribution in [0.5, 0.6) is 0 Å². The Morgan fingerprint density at radius 3 is 2.39 bits per heavy atom. The summed E-state index contributed by atoms with van der Waals surface area (Å²) in [4.78, 5) is 13.3. The molecule has 3 nitrogen and oxygen atoms in total. The molecule has 4 aliphatic carbocycles. The SMILES string of the molecule is CC(C)C(C)/C=C/[C@@H](C)C1CCC2C3=CC(=O)[C@@]4(O)C[C@@H](O)CC[C@]4(C)C3CC[C@@]21C. The normalized spacial score (nSPS) is 47.0. The van der Waals surface area contributed by atoms with E-state index in [1.807, 2.05) is 6.08 Å². The Hall–Kier alpha value is -0.930. The smallest absolute Gasteiger partial charge is 0.187 e. The number of carbonyl (C=O) groups is 1. The van der Waals surface area contributed by atoms with E-state index in [0.717, 1.165) is 19.3 Å². The van der Waals surface area contributed by atoms with Crippen LogP contribution in [0.15, 0.2) is 23.8 Å². The fourth-order valence-corrected chi connectivity index (χ4v) is 7.96. The van der Waals surface area contributed by atoms with E-state index < -0.39 is 17.1 Å². The number of fused-ring (bicyclic) bond motifs is 5. The van der Waals surface area contributed by atoms with Crippen molar-refractivity contribution in [2.75, 3.05) is 0 Å². The summed E-state index contributed by atoms with van der Waals surface area (Å²) >= 11 is 0. The zero-order valence-electron chi connectivity index (χ0n) is 20.5. The van der Waals surface area contributed by atoms with Crippen LogP contribution < -0.4 is 0 Å². The van der Waals surface area contributed by atoms with Gasteiger partial charge in [-0.15, -0.1) is 0 Å². The van der Waals surface area contributed by atoms with Crippen molar-refractivity contribution in [1.29, 1.82) is 0 Å². The summed E-state index contributed by atoms with van der Waals surface area (Å²) in [5.74, 6) is 3.03. The first-order chi connectivity index (χ1) is 14.4. The molecule has 0 radical (unpaired) electrons. The van der Waals surface area contributed by atoms with Gasteiger partial charge in [0.15, 0.2) is 5.78 Å². The second-order valence-electron chi connectivity index (χ2n) is 12.4. The van der Waals surface area contributed by atoms with Crippen molar-refractivity contribution in [1.82, 2.24) is 0 Å². The number of ketones is 1. The van der Waals surface area contributed by atoms with Crippen LogP contribution in [0.3, 0.4) is 0 Å². The lowest BCUT2D eigenvalue weighted by Crippen LogP contribution is -2.64. The third-order valence-corrected chi connectivity index (χ3v) is 10.5. The summed E-state index contributed by atoms with van der Waals surface area (Å²) in [5, 5.41) is 21.7. The monoisotopic (exact) mass is 428 g/mol. The van der Waals surface area contributed by atoms with Gasteiger partial charge < -0.3 is 10.2 Å². The Morgan fingerprint density at radius 1 is 1.00 bits per heavy atom. The van der Waals surface area contributed by atoms with Gasteiger partial charge in [-0.1, -0.05) is 59.3 Å². The molecule has 0 aromatic carbocycles. The van der Waals surface area contributed by atoms with Crippen LogP contribution in [0.4, 0.5) is 0 Å². The van der Waals surface area contributed by atoms with Gasteiger partial charge in [-0.3, -0.25) is 4.79 Å². The molecular formula is C28H44O3. The van der Waals surface area contributed by atoms with Gasteiger partial charge in [-0.2, -0.15) is 0 Å². The van der Waals surface area contributed by atoms with Crippen molar-refractivity contribution in [3.05, 3.63) is 23.8 Å². The molecule has 0 aromatic heterocycles. The standard InChI is InChI=1S/C28H44O3/c1-17(2)18(3)7-8-19(4)22-9-10-23-21-15-25(30)28(31)16-20(29)11-14-27(28,6)24(21)12-13-26(22,23)5/h7-8,15,17-20,22-24,29,31H,9-14,16H2,1-6H3/b8-7+/t18?,19-,20+,22?,23?,24?,26-,27-,28+/m1/s1. The largest absolute Gasteiger partial charge is 0.393 e. The molecule has 0 aliphatic heterocycles. The summed E-state index contributed by atoms with van der Waals surface area (Å²) in [6, 6.07) is 0. The molecule has 3 heteroatoms. The van der Waals surface area contributed by atoms with Crippen LogP contribution in [0, 0.1) is 46.3 Å². The maximum atomic E-state index is 13.3. The van der Waals surface area contributed by atoms with Crippen molar-refractivity contribution < 1.29 is 15.0 Å². The number of aliphatic hydroxyl groups excluding tert-OH is 1. The summed E-state index contributed by atoms with van der Waals surface area (Å²) in [6.45, 7) is 13.9. The average Bonchev–Trinajstić information content (AvgIpc) is 3.05. The number of carbonyl (C=O) groups excluding carboxylic acids is 1. The molecule has 0 amide bonds. The molecule has 0 bridgehead atoms. The zero-order valence-corrected chi connectivity index (χ0v) is 20.5. The highest BCUT2D eigenvalue weighted by molar-refractivity contribution is 5.99. The molecule has 3 saturated carbocycles. The molecule has 4 aliphatic rings. The first-order valence-electron chi connectivity index (χ1n) is 12.8. The van der Waals surface area contributed by atoms with Crippen LogP contribution in [-0.2, 0) is 4.79 Å². The minimum absolute atomic E-state index is 0.147. The van der Waals surface area contributed by atoms with Gasteiger partial charge in [0.1, 0.15) is 5.60 Å². The van der Waals surface area contributed by atoms with Crippen molar-refractivity contribution >= 4 is 5.78 Å². The average molecular weight is 429 g/mol. The molecular weight excluding hydrogens is 384 g/mol. The highest BCUT2D eigenvalue weighted by atomic mass is 16.3. The lowest BCUT2D eigenvalue weighted by atomic mass is 9.46. The van der Waals surface area contributed by atoms with E-state index in [1.165, 1.54) is 18.4 Å². The van der Waals surface area contributed by atoms with Crippen LogP contribution in [-0.4, -0.2) is 27.7 Å². The lowest BCUT2D eigenvalue weighted by Gasteiger charge is -2.59. The molecule has 0 heterocycles. The van der Waals surface area contributed by atoms with Crippen molar-refractivity contribution in [2.45, 2.75) is 98.2 Å². The number of rotatable bonds is 4. The Morgan fingerprint density at radius 2 is 1.71 bits per heavy atom. The second kappa shape index (κ2) is 7.83. The lowest BCUT2D eigenvalue weighted by molar-refractivity contribution is -0.180. The minimum Gasteiger partial charge on any atom is -0.393 e. The van der Waals surface area contributed by atoms with Gasteiger partial charge in [0.2, 0.25) is 0 Å². The van der Waals surface area contributed by atoms with Crippen molar-refractivity contribution in [2.24, 2.45) is 46.3 Å². The Kier molecular flexibility index (Phi) is 5.87. The third kappa shape index (κ3) is 3.41. The van der Waals surface area contributed by atoms with E-state index in [0.29, 0.717) is 36.0 Å². The van der Waals surface area contributed by atoms with Crippen LogP contribution in [0.1, 0.15) is 86.5 Å². The Balaban J connectivity index is 1.62. The van der Waals surface area contributed by atoms with Gasteiger partial charge in [-0.05, 0) is 85.5 Å². The van der Waals surface area contributed by atoms with Crippen LogP contribution >= 0.6 is 0 Å². The topological polar surface area (TPSA) is 57.5 Å². The molecule has 4 rings (SSSR count). The predicted octanol–water partition coefficient (Wildman–Crippen LogP) is 5.70. The quantitative estimate of drug-likeness (QED) is 0.564. The summed E-state index contributed by atoms with van der Waals surface area (Å²) in [6.07, 6.45) is 12.4. The first kappa shape index (κ1) is 23.2. The van der Waals surface area contributed by atoms with Gasteiger partial charge in [0.05, 0.1) is 6.10 Å².